The maximum atomic E-state index is 6.32. The van der Waals surface area contributed by atoms with Crippen LogP contribution in [0.15, 0.2) is 132 Å². The average Bonchev–Trinajstić information content (AvgIpc) is 3.48. The summed E-state index contributed by atoms with van der Waals surface area (Å²) in [6, 6.07) is 43.6. The molecular formula is C43H35IrN3O-2. The number of hydrogen-bond acceptors (Lipinski definition) is 4. The minimum atomic E-state index is 0. The molecule has 0 fully saturated rings. The third kappa shape index (κ3) is 6.99. The first-order chi connectivity index (χ1) is 22.8. The van der Waals surface area contributed by atoms with Crippen LogP contribution in [0.4, 0.5) is 0 Å². The van der Waals surface area contributed by atoms with Gasteiger partial charge in [0.05, 0.1) is 5.58 Å². The first kappa shape index (κ1) is 33.0. The Morgan fingerprint density at radius 3 is 2.17 bits per heavy atom. The Morgan fingerprint density at radius 2 is 1.42 bits per heavy atom. The second kappa shape index (κ2) is 14.0. The number of aromatic nitrogens is 3. The van der Waals surface area contributed by atoms with Crippen LogP contribution in [0.3, 0.4) is 0 Å². The van der Waals surface area contributed by atoms with Crippen LogP contribution in [-0.4, -0.2) is 15.0 Å². The summed E-state index contributed by atoms with van der Waals surface area (Å²) >= 11 is 0. The second-order valence-electron chi connectivity index (χ2n) is 13.0. The van der Waals surface area contributed by atoms with Gasteiger partial charge in [-0.3, -0.25) is 4.98 Å². The Bertz CT molecular complexity index is 2310. The molecule has 0 saturated heterocycles. The Morgan fingerprint density at radius 1 is 0.646 bits per heavy atom. The van der Waals surface area contributed by atoms with Gasteiger partial charge in [0.2, 0.25) is 0 Å². The van der Waals surface area contributed by atoms with Crippen LogP contribution in [0.5, 0.6) is 0 Å². The molecule has 8 rings (SSSR count). The molecule has 4 aromatic heterocycles. The summed E-state index contributed by atoms with van der Waals surface area (Å²) in [4.78, 5) is 13.3. The quantitative estimate of drug-likeness (QED) is 0.166. The van der Waals surface area contributed by atoms with E-state index in [9.17, 15) is 0 Å². The van der Waals surface area contributed by atoms with Gasteiger partial charge in [-0.15, -0.1) is 54.1 Å². The first-order valence-electron chi connectivity index (χ1n) is 15.9. The van der Waals surface area contributed by atoms with Crippen LogP contribution >= 0.6 is 0 Å². The molecule has 0 N–H and O–H groups in total. The van der Waals surface area contributed by atoms with Crippen LogP contribution < -0.4 is 0 Å². The van der Waals surface area contributed by atoms with Crippen molar-refractivity contribution in [1.82, 2.24) is 15.0 Å². The molecule has 0 bridgehead atoms. The summed E-state index contributed by atoms with van der Waals surface area (Å²) in [6.45, 7) is 8.83. The van der Waals surface area contributed by atoms with Crippen LogP contribution in [0.2, 0.25) is 0 Å². The molecule has 4 nitrogen and oxygen atoms in total. The zero-order chi connectivity index (χ0) is 32.4. The number of benzene rings is 4. The molecule has 0 aliphatic heterocycles. The van der Waals surface area contributed by atoms with Crippen molar-refractivity contribution in [2.45, 2.75) is 34.1 Å². The monoisotopic (exact) mass is 802 g/mol. The molecule has 0 aliphatic rings. The van der Waals surface area contributed by atoms with E-state index in [1.807, 2.05) is 80.0 Å². The van der Waals surface area contributed by atoms with E-state index in [1.165, 1.54) is 16.7 Å². The van der Waals surface area contributed by atoms with Crippen LogP contribution in [0.1, 0.15) is 32.0 Å². The third-order valence-electron chi connectivity index (χ3n) is 8.21. The zero-order valence-corrected chi connectivity index (χ0v) is 29.8. The number of rotatable bonds is 4. The fourth-order valence-electron chi connectivity index (χ4n) is 6.06. The SMILES string of the molecule is CC(C)(C)Cc1ccc(-c2ccnc(-c3[c-]cccc3)c2)cc1.Cc1nccc2ccc3c4cc[c-]c(-c5ccccn5)c4oc3c12.[Ir]. The van der Waals surface area contributed by atoms with E-state index in [0.29, 0.717) is 5.41 Å². The summed E-state index contributed by atoms with van der Waals surface area (Å²) in [5, 5.41) is 4.38. The van der Waals surface area contributed by atoms with Crippen molar-refractivity contribution in [2.75, 3.05) is 0 Å². The summed E-state index contributed by atoms with van der Waals surface area (Å²) in [6.07, 6.45) is 6.58. The molecule has 0 aliphatic carbocycles. The van der Waals surface area contributed by atoms with Gasteiger partial charge in [0.25, 0.3) is 0 Å². The molecule has 0 amide bonds. The van der Waals surface area contributed by atoms with Crippen molar-refractivity contribution < 1.29 is 24.5 Å². The topological polar surface area (TPSA) is 51.8 Å². The minimum absolute atomic E-state index is 0. The van der Waals surface area contributed by atoms with Gasteiger partial charge in [-0.1, -0.05) is 86.3 Å². The standard InChI is InChI=1S/C22H22N.C21H13N2O.Ir/c1-22(2,3)16-17-9-11-18(12-10-17)20-13-14-23-21(15-20)19-7-5-4-6-8-19;1-13-19-14(10-12-22-13)8-9-16-15-5-4-6-17(20(15)24-21(16)19)18-7-2-3-11-23-18;/h4-7,9-15H,16H2,1-3H3;2-5,7-12H,1H3;/q2*-1;. The van der Waals surface area contributed by atoms with Gasteiger partial charge in [0, 0.05) is 55.2 Å². The number of nitrogens with zero attached hydrogens (tertiary/aromatic N) is 3. The van der Waals surface area contributed by atoms with Crippen LogP contribution in [-0.2, 0) is 26.5 Å². The predicted molar refractivity (Wildman–Crippen MR) is 193 cm³/mol. The molecule has 0 spiro atoms. The molecule has 4 aromatic carbocycles. The van der Waals surface area contributed by atoms with E-state index in [0.717, 1.165) is 67.3 Å². The largest absolute Gasteiger partial charge is 0.500 e. The van der Waals surface area contributed by atoms with Gasteiger partial charge < -0.3 is 14.4 Å². The van der Waals surface area contributed by atoms with Gasteiger partial charge >= 0.3 is 0 Å². The smallest absolute Gasteiger partial charge is 0.130 e. The number of hydrogen-bond donors (Lipinski definition) is 0. The third-order valence-corrected chi connectivity index (χ3v) is 8.21. The molecule has 0 saturated carbocycles. The fraction of sp³-hybridized carbons (Fsp3) is 0.140. The molecule has 48 heavy (non-hydrogen) atoms. The molecule has 5 heteroatoms. The number of furan rings is 1. The molecule has 0 atom stereocenters. The molecule has 239 valence electrons. The van der Waals surface area contributed by atoms with Gasteiger partial charge in [-0.25, -0.2) is 0 Å². The molecule has 8 aromatic rings. The Balaban J connectivity index is 0.000000164. The maximum Gasteiger partial charge on any atom is 0.130 e. The molecule has 0 unspecified atom stereocenters. The Labute approximate surface area is 295 Å². The summed E-state index contributed by atoms with van der Waals surface area (Å²) in [5.41, 5.74) is 10.5. The van der Waals surface area contributed by atoms with E-state index < -0.39 is 0 Å². The van der Waals surface area contributed by atoms with Crippen molar-refractivity contribution >= 4 is 32.7 Å². The average molecular weight is 802 g/mol. The fourth-order valence-corrected chi connectivity index (χ4v) is 6.06. The van der Waals surface area contributed by atoms with Gasteiger partial charge in [-0.2, -0.15) is 0 Å². The summed E-state index contributed by atoms with van der Waals surface area (Å²) in [7, 11) is 0. The van der Waals surface area contributed by atoms with Crippen molar-refractivity contribution in [3.63, 3.8) is 0 Å². The van der Waals surface area contributed by atoms with Crippen molar-refractivity contribution in [2.24, 2.45) is 5.41 Å². The van der Waals surface area contributed by atoms with E-state index in [4.69, 9.17) is 4.42 Å². The van der Waals surface area contributed by atoms with Crippen LogP contribution in [0.25, 0.3) is 66.4 Å². The van der Waals surface area contributed by atoms with Gasteiger partial charge in [0.15, 0.2) is 0 Å². The number of fused-ring (bicyclic) bond motifs is 5. The Kier molecular flexibility index (Phi) is 9.63. The summed E-state index contributed by atoms with van der Waals surface area (Å²) < 4.78 is 6.32. The molecule has 4 heterocycles. The minimum Gasteiger partial charge on any atom is -0.500 e. The second-order valence-corrected chi connectivity index (χ2v) is 13.0. The zero-order valence-electron chi connectivity index (χ0n) is 27.4. The van der Waals surface area contributed by atoms with E-state index in [2.05, 4.69) is 96.4 Å². The van der Waals surface area contributed by atoms with Crippen molar-refractivity contribution in [3.8, 4) is 33.6 Å². The Hall–Kier alpha value is -4.96. The van der Waals surface area contributed by atoms with Gasteiger partial charge in [0.1, 0.15) is 5.58 Å². The van der Waals surface area contributed by atoms with Gasteiger partial charge in [-0.05, 0) is 70.4 Å². The van der Waals surface area contributed by atoms with E-state index >= 15 is 0 Å². The number of aryl methyl sites for hydroxylation is 1. The predicted octanol–water partition coefficient (Wildman–Crippen LogP) is 11.1. The van der Waals surface area contributed by atoms with E-state index in [-0.39, 0.29) is 20.1 Å². The molecular weight excluding hydrogens is 767 g/mol. The van der Waals surface area contributed by atoms with Crippen LogP contribution in [0, 0.1) is 24.5 Å². The summed E-state index contributed by atoms with van der Waals surface area (Å²) in [5.74, 6) is 0. The normalized spacial score (nSPS) is 11.2. The molecule has 1 radical (unpaired) electrons. The maximum absolute atomic E-state index is 6.32. The number of pyridine rings is 3. The van der Waals surface area contributed by atoms with Crippen molar-refractivity contribution in [3.05, 3.63) is 151 Å². The van der Waals surface area contributed by atoms with E-state index in [1.54, 1.807) is 6.20 Å². The van der Waals surface area contributed by atoms with Crippen molar-refractivity contribution in [1.29, 1.82) is 0 Å². The first-order valence-corrected chi connectivity index (χ1v) is 15.9.